The van der Waals surface area contributed by atoms with Gasteiger partial charge in [0.2, 0.25) is 0 Å². The number of hydrogen-bond acceptors (Lipinski definition) is 0. The molecule has 0 N–H and O–H groups in total. The minimum atomic E-state index is -0.775. The molecule has 0 aliphatic rings. The molecule has 0 saturated heterocycles. The number of unbranched alkanes of at least 4 members (excludes halogenated alkanes) is 11. The van der Waals surface area contributed by atoms with E-state index < -0.39 is 7.26 Å². The van der Waals surface area contributed by atoms with Crippen LogP contribution in [0.1, 0.15) is 90.9 Å². The van der Waals surface area contributed by atoms with Crippen molar-refractivity contribution in [3.63, 3.8) is 0 Å². The Balaban J connectivity index is 3.07. The molecule has 0 aliphatic heterocycles. The molecule has 0 aliphatic carbocycles. The molecular formula is C18H41P. The first-order chi connectivity index (χ1) is 9.12. The summed E-state index contributed by atoms with van der Waals surface area (Å²) >= 11 is 0. The molecule has 0 aromatic heterocycles. The van der Waals surface area contributed by atoms with Gasteiger partial charge in [0.1, 0.15) is 0 Å². The third-order valence-electron chi connectivity index (χ3n) is 4.66. The predicted octanol–water partition coefficient (Wildman–Crippen LogP) is 6.72. The molecule has 0 heterocycles. The van der Waals surface area contributed by atoms with E-state index in [1.54, 1.807) is 6.16 Å². The van der Waals surface area contributed by atoms with Crippen molar-refractivity contribution in [2.75, 3.05) is 25.7 Å². The van der Waals surface area contributed by atoms with E-state index in [2.05, 4.69) is 27.2 Å². The van der Waals surface area contributed by atoms with Gasteiger partial charge in [0.05, 0.1) is 0 Å². The van der Waals surface area contributed by atoms with Crippen molar-refractivity contribution in [2.45, 2.75) is 90.9 Å². The summed E-state index contributed by atoms with van der Waals surface area (Å²) in [7, 11) is -0.775. The summed E-state index contributed by atoms with van der Waals surface area (Å²) in [4.78, 5) is 0. The quantitative estimate of drug-likeness (QED) is 0.246. The Labute approximate surface area is 124 Å². The van der Waals surface area contributed by atoms with Gasteiger partial charge in [-0.2, -0.15) is 0 Å². The molecule has 0 spiro atoms. The van der Waals surface area contributed by atoms with Crippen LogP contribution in [0.5, 0.6) is 0 Å². The molecular weight excluding hydrogens is 247 g/mol. The zero-order valence-electron chi connectivity index (χ0n) is 14.4. The van der Waals surface area contributed by atoms with Crippen LogP contribution in [0, 0.1) is 0 Å². The maximum absolute atomic E-state index is 2.55. The standard InChI is InChI=1S/C18H41P/c1-5-7-8-9-10-11-12-13-14-15-16-17-18-19(3,4)6-2/h19H,5-18H2,1-4H3. The molecule has 19 heavy (non-hydrogen) atoms. The van der Waals surface area contributed by atoms with Gasteiger partial charge in [-0.1, -0.05) is 13.3 Å². The summed E-state index contributed by atoms with van der Waals surface area (Å²) < 4.78 is 0. The molecule has 1 heteroatoms. The van der Waals surface area contributed by atoms with Gasteiger partial charge in [-0.25, -0.2) is 0 Å². The van der Waals surface area contributed by atoms with Crippen LogP contribution in [-0.2, 0) is 0 Å². The molecule has 0 fully saturated rings. The van der Waals surface area contributed by atoms with Crippen LogP contribution in [0.15, 0.2) is 0 Å². The second-order valence-electron chi connectivity index (χ2n) is 7.16. The van der Waals surface area contributed by atoms with E-state index in [1.807, 2.05) is 0 Å². The molecule has 0 bridgehead atoms. The van der Waals surface area contributed by atoms with E-state index >= 15 is 0 Å². The average molecular weight is 288 g/mol. The van der Waals surface area contributed by atoms with Gasteiger partial charge in [0, 0.05) is 0 Å². The summed E-state index contributed by atoms with van der Waals surface area (Å²) in [6, 6.07) is 0. The van der Waals surface area contributed by atoms with Crippen LogP contribution in [0.2, 0.25) is 0 Å². The predicted molar refractivity (Wildman–Crippen MR) is 96.6 cm³/mol. The summed E-state index contributed by atoms with van der Waals surface area (Å²) in [5, 5.41) is 0. The Kier molecular flexibility index (Phi) is 13.7. The van der Waals surface area contributed by atoms with E-state index in [0.29, 0.717) is 0 Å². The van der Waals surface area contributed by atoms with Crippen molar-refractivity contribution in [1.82, 2.24) is 0 Å². The minimum absolute atomic E-state index is 0.775. The van der Waals surface area contributed by atoms with Crippen molar-refractivity contribution in [3.05, 3.63) is 0 Å². The Bertz CT molecular complexity index is 175. The molecule has 118 valence electrons. The molecule has 0 radical (unpaired) electrons. The molecule has 0 aromatic carbocycles. The first-order valence-electron chi connectivity index (χ1n) is 9.12. The molecule has 0 atom stereocenters. The number of rotatable bonds is 14. The third-order valence-corrected chi connectivity index (χ3v) is 8.29. The fraction of sp³-hybridized carbons (Fsp3) is 1.00. The Hall–Kier alpha value is 0.430. The van der Waals surface area contributed by atoms with Crippen LogP contribution in [0.4, 0.5) is 0 Å². The van der Waals surface area contributed by atoms with Crippen molar-refractivity contribution < 1.29 is 0 Å². The fourth-order valence-corrected chi connectivity index (χ4v) is 4.18. The van der Waals surface area contributed by atoms with Crippen molar-refractivity contribution >= 4 is 7.26 Å². The zero-order valence-corrected chi connectivity index (χ0v) is 15.4. The second-order valence-corrected chi connectivity index (χ2v) is 12.7. The first-order valence-corrected chi connectivity index (χ1v) is 12.5. The van der Waals surface area contributed by atoms with Gasteiger partial charge in [-0.3, -0.25) is 0 Å². The maximum atomic E-state index is 2.55. The van der Waals surface area contributed by atoms with Gasteiger partial charge in [-0.05, 0) is 0 Å². The van der Waals surface area contributed by atoms with Crippen LogP contribution < -0.4 is 0 Å². The van der Waals surface area contributed by atoms with Gasteiger partial charge >= 0.3 is 110 Å². The van der Waals surface area contributed by atoms with Gasteiger partial charge in [0.25, 0.3) is 0 Å². The van der Waals surface area contributed by atoms with Crippen LogP contribution in [-0.4, -0.2) is 25.7 Å². The summed E-state index contributed by atoms with van der Waals surface area (Å²) in [5.74, 6) is 0. The van der Waals surface area contributed by atoms with Gasteiger partial charge < -0.3 is 0 Å². The van der Waals surface area contributed by atoms with Crippen molar-refractivity contribution in [1.29, 1.82) is 0 Å². The van der Waals surface area contributed by atoms with E-state index in [1.165, 1.54) is 83.2 Å². The van der Waals surface area contributed by atoms with Crippen molar-refractivity contribution in [3.8, 4) is 0 Å². The zero-order chi connectivity index (χ0) is 14.4. The SMILES string of the molecule is CCCCCCCCCCCCCC[PH](C)(C)CC. The van der Waals surface area contributed by atoms with Gasteiger partial charge in [-0.15, -0.1) is 0 Å². The van der Waals surface area contributed by atoms with Crippen LogP contribution in [0.3, 0.4) is 0 Å². The molecule has 0 rings (SSSR count). The van der Waals surface area contributed by atoms with Crippen LogP contribution >= 0.6 is 7.26 Å². The molecule has 0 amide bonds. The van der Waals surface area contributed by atoms with E-state index in [-0.39, 0.29) is 0 Å². The molecule has 0 nitrogen and oxygen atoms in total. The Morgan fingerprint density at radius 2 is 0.895 bits per heavy atom. The van der Waals surface area contributed by atoms with Crippen molar-refractivity contribution in [2.24, 2.45) is 0 Å². The molecule has 0 unspecified atom stereocenters. The topological polar surface area (TPSA) is 0 Å². The van der Waals surface area contributed by atoms with E-state index in [0.717, 1.165) is 0 Å². The summed E-state index contributed by atoms with van der Waals surface area (Å²) in [6.07, 6.45) is 20.7. The third kappa shape index (κ3) is 14.6. The van der Waals surface area contributed by atoms with Gasteiger partial charge in [0.15, 0.2) is 0 Å². The normalized spacial score (nSPS) is 12.8. The first kappa shape index (κ1) is 19.4. The Morgan fingerprint density at radius 1 is 0.526 bits per heavy atom. The molecule has 0 aromatic rings. The van der Waals surface area contributed by atoms with E-state index in [9.17, 15) is 0 Å². The summed E-state index contributed by atoms with van der Waals surface area (Å²) in [5.41, 5.74) is 0. The Morgan fingerprint density at radius 3 is 1.26 bits per heavy atom. The molecule has 0 saturated carbocycles. The summed E-state index contributed by atoms with van der Waals surface area (Å²) in [6.45, 7) is 9.77. The second kappa shape index (κ2) is 13.4. The fourth-order valence-electron chi connectivity index (χ4n) is 2.62. The van der Waals surface area contributed by atoms with E-state index in [4.69, 9.17) is 0 Å². The number of hydrogen-bond donors (Lipinski definition) is 0. The average Bonchev–Trinajstić information content (AvgIpc) is 2.40. The monoisotopic (exact) mass is 288 g/mol. The van der Waals surface area contributed by atoms with Crippen LogP contribution in [0.25, 0.3) is 0 Å².